The average molecular weight is 270 g/mol. The van der Waals surface area contributed by atoms with E-state index in [0.717, 1.165) is 12.1 Å². The first-order valence-electron chi connectivity index (χ1n) is 5.84. The van der Waals surface area contributed by atoms with Crippen LogP contribution in [0.3, 0.4) is 0 Å². The molecule has 0 unspecified atom stereocenters. The third-order valence-electron chi connectivity index (χ3n) is 2.89. The lowest BCUT2D eigenvalue weighted by Gasteiger charge is -2.11. The first-order valence-corrected chi connectivity index (χ1v) is 5.84. The van der Waals surface area contributed by atoms with Crippen molar-refractivity contribution in [3.05, 3.63) is 58.0 Å². The zero-order valence-corrected chi connectivity index (χ0v) is 10.3. The molecule has 3 nitrogen and oxygen atoms in total. The molecular formula is C13H13F3N2O. The Labute approximate surface area is 107 Å². The van der Waals surface area contributed by atoms with E-state index in [1.54, 1.807) is 10.9 Å². The lowest BCUT2D eigenvalue weighted by Crippen LogP contribution is -2.23. The molecule has 0 bridgehead atoms. The Morgan fingerprint density at radius 3 is 2.26 bits per heavy atom. The number of hydrogen-bond acceptors (Lipinski definition) is 1. The van der Waals surface area contributed by atoms with Gasteiger partial charge in [-0.3, -0.25) is 9.48 Å². The maximum absolute atomic E-state index is 12.4. The van der Waals surface area contributed by atoms with Crippen LogP contribution < -0.4 is 5.56 Å². The molecule has 0 amide bonds. The van der Waals surface area contributed by atoms with Crippen LogP contribution in [0.5, 0.6) is 0 Å². The Morgan fingerprint density at radius 1 is 1.11 bits per heavy atom. The zero-order valence-electron chi connectivity index (χ0n) is 10.3. The lowest BCUT2D eigenvalue weighted by molar-refractivity contribution is -0.137. The predicted molar refractivity (Wildman–Crippen MR) is 64.9 cm³/mol. The number of benzene rings is 1. The van der Waals surface area contributed by atoms with E-state index < -0.39 is 11.7 Å². The van der Waals surface area contributed by atoms with Crippen molar-refractivity contribution in [2.24, 2.45) is 0 Å². The van der Waals surface area contributed by atoms with Gasteiger partial charge in [-0.25, -0.2) is 4.68 Å². The van der Waals surface area contributed by atoms with Crippen LogP contribution >= 0.6 is 0 Å². The molecule has 19 heavy (non-hydrogen) atoms. The van der Waals surface area contributed by atoms with Gasteiger partial charge in [-0.15, -0.1) is 0 Å². The number of rotatable bonds is 3. The summed E-state index contributed by atoms with van der Waals surface area (Å²) in [6, 6.07) is 6.28. The summed E-state index contributed by atoms with van der Waals surface area (Å²) < 4.78 is 40.5. The van der Waals surface area contributed by atoms with Crippen LogP contribution in [0.4, 0.5) is 13.2 Å². The SMILES string of the molecule is CCn1ccc(=O)n1Cc1ccc(C(F)(F)F)cc1. The third kappa shape index (κ3) is 2.89. The largest absolute Gasteiger partial charge is 0.416 e. The first kappa shape index (κ1) is 13.5. The topological polar surface area (TPSA) is 26.9 Å². The summed E-state index contributed by atoms with van der Waals surface area (Å²) in [5.74, 6) is 0. The number of halogens is 3. The van der Waals surface area contributed by atoms with E-state index in [1.807, 2.05) is 6.92 Å². The van der Waals surface area contributed by atoms with E-state index in [1.165, 1.54) is 22.9 Å². The van der Waals surface area contributed by atoms with Gasteiger partial charge in [-0.2, -0.15) is 13.2 Å². The second-order valence-corrected chi connectivity index (χ2v) is 4.16. The summed E-state index contributed by atoms with van der Waals surface area (Å²) >= 11 is 0. The van der Waals surface area contributed by atoms with Crippen LogP contribution in [0.1, 0.15) is 18.1 Å². The Kier molecular flexibility index (Phi) is 3.50. The van der Waals surface area contributed by atoms with Gasteiger partial charge in [0.05, 0.1) is 12.1 Å². The number of aromatic nitrogens is 2. The summed E-state index contributed by atoms with van der Waals surface area (Å²) in [6.45, 7) is 2.78. The van der Waals surface area contributed by atoms with Gasteiger partial charge in [0.15, 0.2) is 0 Å². The molecule has 0 fully saturated rings. The zero-order chi connectivity index (χ0) is 14.0. The second-order valence-electron chi connectivity index (χ2n) is 4.16. The standard InChI is InChI=1S/C13H13F3N2O/c1-2-17-8-7-12(19)18(17)9-10-3-5-11(6-4-10)13(14,15)16/h3-8H,2,9H2,1H3. The molecule has 2 aromatic rings. The molecule has 6 heteroatoms. The smallest absolute Gasteiger partial charge is 0.290 e. The molecule has 1 aromatic heterocycles. The summed E-state index contributed by atoms with van der Waals surface area (Å²) in [6.07, 6.45) is -2.68. The predicted octanol–water partition coefficient (Wildman–Crippen LogP) is 2.74. The van der Waals surface area contributed by atoms with Crippen LogP contribution in [0, 0.1) is 0 Å². The fraction of sp³-hybridized carbons (Fsp3) is 0.308. The molecule has 1 aromatic carbocycles. The monoisotopic (exact) mass is 270 g/mol. The van der Waals surface area contributed by atoms with Crippen molar-refractivity contribution in [1.29, 1.82) is 0 Å². The maximum Gasteiger partial charge on any atom is 0.416 e. The molecule has 0 atom stereocenters. The highest BCUT2D eigenvalue weighted by Gasteiger charge is 2.29. The molecule has 0 aliphatic carbocycles. The highest BCUT2D eigenvalue weighted by atomic mass is 19.4. The van der Waals surface area contributed by atoms with Crippen molar-refractivity contribution < 1.29 is 13.2 Å². The summed E-state index contributed by atoms with van der Waals surface area (Å²) in [7, 11) is 0. The Bertz CT molecular complexity index is 608. The number of aryl methyl sites for hydroxylation is 1. The molecule has 102 valence electrons. The summed E-state index contributed by atoms with van der Waals surface area (Å²) in [5.41, 5.74) is -0.195. The van der Waals surface area contributed by atoms with Crippen molar-refractivity contribution in [2.45, 2.75) is 26.2 Å². The summed E-state index contributed by atoms with van der Waals surface area (Å²) in [5, 5.41) is 0. The van der Waals surface area contributed by atoms with Crippen molar-refractivity contribution in [2.75, 3.05) is 0 Å². The Hall–Kier alpha value is -1.98. The molecule has 0 saturated carbocycles. The van der Waals surface area contributed by atoms with Gasteiger partial charge in [0, 0.05) is 18.8 Å². The van der Waals surface area contributed by atoms with Crippen LogP contribution in [0.15, 0.2) is 41.3 Å². The Morgan fingerprint density at radius 2 is 1.74 bits per heavy atom. The van der Waals surface area contributed by atoms with E-state index in [-0.39, 0.29) is 12.1 Å². The molecule has 1 heterocycles. The third-order valence-corrected chi connectivity index (χ3v) is 2.89. The van der Waals surface area contributed by atoms with Crippen LogP contribution in [0.2, 0.25) is 0 Å². The van der Waals surface area contributed by atoms with E-state index in [4.69, 9.17) is 0 Å². The van der Waals surface area contributed by atoms with Crippen molar-refractivity contribution in [3.8, 4) is 0 Å². The molecule has 0 aliphatic heterocycles. The van der Waals surface area contributed by atoms with E-state index >= 15 is 0 Å². The highest BCUT2D eigenvalue weighted by Crippen LogP contribution is 2.29. The van der Waals surface area contributed by atoms with Gasteiger partial charge < -0.3 is 0 Å². The lowest BCUT2D eigenvalue weighted by atomic mass is 10.1. The molecular weight excluding hydrogens is 257 g/mol. The Balaban J connectivity index is 2.25. The minimum atomic E-state index is -4.33. The van der Waals surface area contributed by atoms with Gasteiger partial charge in [0.1, 0.15) is 0 Å². The quantitative estimate of drug-likeness (QED) is 0.842. The summed E-state index contributed by atoms with van der Waals surface area (Å²) in [4.78, 5) is 11.6. The van der Waals surface area contributed by atoms with Crippen LogP contribution in [0.25, 0.3) is 0 Å². The number of nitrogens with zero attached hydrogens (tertiary/aromatic N) is 2. The van der Waals surface area contributed by atoms with Gasteiger partial charge in [-0.05, 0) is 24.6 Å². The maximum atomic E-state index is 12.4. The van der Waals surface area contributed by atoms with Crippen LogP contribution in [-0.2, 0) is 19.3 Å². The normalized spacial score (nSPS) is 11.8. The first-order chi connectivity index (χ1) is 8.91. The van der Waals surface area contributed by atoms with Gasteiger partial charge in [0.25, 0.3) is 5.56 Å². The van der Waals surface area contributed by atoms with Gasteiger partial charge in [-0.1, -0.05) is 12.1 Å². The molecule has 0 saturated heterocycles. The minimum Gasteiger partial charge on any atom is -0.290 e. The highest BCUT2D eigenvalue weighted by molar-refractivity contribution is 5.24. The molecule has 0 aliphatic rings. The van der Waals surface area contributed by atoms with Gasteiger partial charge in [0.2, 0.25) is 0 Å². The number of alkyl halides is 3. The van der Waals surface area contributed by atoms with E-state index in [0.29, 0.717) is 12.1 Å². The van der Waals surface area contributed by atoms with Crippen molar-refractivity contribution >= 4 is 0 Å². The minimum absolute atomic E-state index is 0.165. The van der Waals surface area contributed by atoms with E-state index in [2.05, 4.69) is 0 Å². The van der Waals surface area contributed by atoms with Gasteiger partial charge >= 0.3 is 6.18 Å². The van der Waals surface area contributed by atoms with E-state index in [9.17, 15) is 18.0 Å². The van der Waals surface area contributed by atoms with Crippen molar-refractivity contribution in [1.82, 2.24) is 9.36 Å². The molecule has 2 rings (SSSR count). The fourth-order valence-electron chi connectivity index (χ4n) is 1.86. The number of hydrogen-bond donors (Lipinski definition) is 0. The molecule has 0 N–H and O–H groups in total. The van der Waals surface area contributed by atoms with Crippen LogP contribution in [-0.4, -0.2) is 9.36 Å². The molecule has 0 spiro atoms. The molecule has 0 radical (unpaired) electrons. The average Bonchev–Trinajstić information content (AvgIpc) is 2.70. The fourth-order valence-corrected chi connectivity index (χ4v) is 1.86. The second kappa shape index (κ2) is 4.95. The van der Waals surface area contributed by atoms with Crippen molar-refractivity contribution in [3.63, 3.8) is 0 Å².